The fraction of sp³-hybridized carbons (Fsp3) is 0.346. The molecule has 2 aromatic carbocycles. The predicted molar refractivity (Wildman–Crippen MR) is 136 cm³/mol. The number of nitrogens with one attached hydrogen (secondary N) is 2. The number of hydrogen-bond donors (Lipinski definition) is 2. The first-order valence-corrected chi connectivity index (χ1v) is 12.2. The SMILES string of the molecule is COc1cc(OC)cc(C(=O)NCCNC(=O)c2csc(COc3cc(C)ccc3C(C)C)n2)c1. The number of nitrogens with zero attached hydrogens (tertiary/aromatic N) is 1. The monoisotopic (exact) mass is 497 g/mol. The molecular formula is C26H31N3O5S. The molecule has 186 valence electrons. The van der Waals surface area contributed by atoms with E-state index in [9.17, 15) is 9.59 Å². The maximum Gasteiger partial charge on any atom is 0.270 e. The van der Waals surface area contributed by atoms with Crippen molar-refractivity contribution in [1.29, 1.82) is 0 Å². The molecule has 3 aromatic rings. The van der Waals surface area contributed by atoms with Crippen molar-refractivity contribution in [3.05, 3.63) is 69.2 Å². The van der Waals surface area contributed by atoms with Crippen LogP contribution in [0.15, 0.2) is 41.8 Å². The highest BCUT2D eigenvalue weighted by atomic mass is 32.1. The fourth-order valence-corrected chi connectivity index (χ4v) is 4.03. The van der Waals surface area contributed by atoms with Gasteiger partial charge in [-0.2, -0.15) is 0 Å². The average molecular weight is 498 g/mol. The fourth-order valence-electron chi connectivity index (χ4n) is 3.35. The van der Waals surface area contributed by atoms with Crippen LogP contribution in [0.5, 0.6) is 17.2 Å². The van der Waals surface area contributed by atoms with Gasteiger partial charge in [0.25, 0.3) is 11.8 Å². The maximum absolute atomic E-state index is 12.4. The standard InChI is InChI=1S/C26H31N3O5S/c1-16(2)21-7-6-17(3)10-23(21)34-14-24-29-22(15-35-24)26(31)28-9-8-27-25(30)18-11-19(32-4)13-20(12-18)33-5/h6-7,10-13,15-16H,8-9,14H2,1-5H3,(H,27,30)(H,28,31). The second-order valence-electron chi connectivity index (χ2n) is 8.22. The molecule has 1 heterocycles. The van der Waals surface area contributed by atoms with Crippen molar-refractivity contribution in [1.82, 2.24) is 15.6 Å². The van der Waals surface area contributed by atoms with Crippen molar-refractivity contribution in [2.45, 2.75) is 33.3 Å². The smallest absolute Gasteiger partial charge is 0.270 e. The third kappa shape index (κ3) is 7.19. The first-order valence-electron chi connectivity index (χ1n) is 11.3. The van der Waals surface area contributed by atoms with E-state index >= 15 is 0 Å². The zero-order chi connectivity index (χ0) is 25.4. The largest absolute Gasteiger partial charge is 0.497 e. The number of benzene rings is 2. The minimum atomic E-state index is -0.303. The lowest BCUT2D eigenvalue weighted by atomic mass is 10.0. The Morgan fingerprint density at radius 2 is 1.63 bits per heavy atom. The number of amides is 2. The molecule has 2 amide bonds. The summed E-state index contributed by atoms with van der Waals surface area (Å²) in [6.07, 6.45) is 0. The van der Waals surface area contributed by atoms with E-state index in [-0.39, 0.29) is 24.9 Å². The molecule has 0 unspecified atom stereocenters. The third-order valence-corrected chi connectivity index (χ3v) is 6.06. The van der Waals surface area contributed by atoms with Gasteiger partial charge in [0.05, 0.1) is 14.2 Å². The first kappa shape index (κ1) is 26.0. The van der Waals surface area contributed by atoms with Gasteiger partial charge in [0.15, 0.2) is 0 Å². The Balaban J connectivity index is 1.48. The Bertz CT molecular complexity index is 1150. The number of methoxy groups -OCH3 is 2. The minimum Gasteiger partial charge on any atom is -0.497 e. The Hall–Kier alpha value is -3.59. The number of aromatic nitrogens is 1. The molecule has 1 aromatic heterocycles. The molecule has 0 aliphatic carbocycles. The van der Waals surface area contributed by atoms with Gasteiger partial charge in [-0.3, -0.25) is 9.59 Å². The summed E-state index contributed by atoms with van der Waals surface area (Å²) in [6.45, 7) is 7.09. The second kappa shape index (κ2) is 12.2. The van der Waals surface area contributed by atoms with Gasteiger partial charge < -0.3 is 24.8 Å². The third-order valence-electron chi connectivity index (χ3n) is 5.24. The number of thiazole rings is 1. The first-order chi connectivity index (χ1) is 16.8. The van der Waals surface area contributed by atoms with Crippen LogP contribution in [0.2, 0.25) is 0 Å². The number of carbonyl (C=O) groups is 2. The lowest BCUT2D eigenvalue weighted by molar-refractivity contribution is 0.0925. The Labute approximate surface area is 209 Å². The second-order valence-corrected chi connectivity index (χ2v) is 9.17. The number of ether oxygens (including phenoxy) is 3. The van der Waals surface area contributed by atoms with Crippen molar-refractivity contribution < 1.29 is 23.8 Å². The van der Waals surface area contributed by atoms with Gasteiger partial charge in [-0.25, -0.2) is 4.98 Å². The van der Waals surface area contributed by atoms with E-state index in [0.717, 1.165) is 16.9 Å². The van der Waals surface area contributed by atoms with E-state index in [0.29, 0.717) is 40.3 Å². The van der Waals surface area contributed by atoms with Gasteiger partial charge in [-0.15, -0.1) is 11.3 Å². The summed E-state index contributed by atoms with van der Waals surface area (Å²) in [5, 5.41) is 7.96. The number of carbonyl (C=O) groups excluding carboxylic acids is 2. The summed E-state index contributed by atoms with van der Waals surface area (Å²) in [5.74, 6) is 1.63. The quantitative estimate of drug-likeness (QED) is 0.383. The summed E-state index contributed by atoms with van der Waals surface area (Å²) in [6, 6.07) is 11.1. The van der Waals surface area contributed by atoms with Crippen molar-refractivity contribution in [3.8, 4) is 17.2 Å². The van der Waals surface area contributed by atoms with Gasteiger partial charge in [0.2, 0.25) is 0 Å². The number of rotatable bonds is 11. The zero-order valence-corrected chi connectivity index (χ0v) is 21.5. The molecule has 0 spiro atoms. The van der Waals surface area contributed by atoms with Crippen LogP contribution in [0.1, 0.15) is 56.7 Å². The minimum absolute atomic E-state index is 0.259. The summed E-state index contributed by atoms with van der Waals surface area (Å²) >= 11 is 1.37. The molecule has 3 rings (SSSR count). The van der Waals surface area contributed by atoms with Crippen LogP contribution in [0, 0.1) is 6.92 Å². The van der Waals surface area contributed by atoms with Crippen LogP contribution in [0.3, 0.4) is 0 Å². The zero-order valence-electron chi connectivity index (χ0n) is 20.6. The van der Waals surface area contributed by atoms with E-state index in [4.69, 9.17) is 14.2 Å². The molecule has 8 nitrogen and oxygen atoms in total. The van der Waals surface area contributed by atoms with Gasteiger partial charge in [-0.05, 0) is 42.2 Å². The van der Waals surface area contributed by atoms with Crippen LogP contribution in [0.25, 0.3) is 0 Å². The molecule has 35 heavy (non-hydrogen) atoms. The average Bonchev–Trinajstić information content (AvgIpc) is 3.33. The Kier molecular flexibility index (Phi) is 9.08. The van der Waals surface area contributed by atoms with Crippen LogP contribution in [-0.2, 0) is 6.61 Å². The highest BCUT2D eigenvalue weighted by Gasteiger charge is 2.14. The molecule has 0 fully saturated rings. The van der Waals surface area contributed by atoms with Crippen molar-refractivity contribution >= 4 is 23.2 Å². The van der Waals surface area contributed by atoms with E-state index in [1.807, 2.05) is 13.0 Å². The topological polar surface area (TPSA) is 98.8 Å². The molecule has 0 aliphatic rings. The molecule has 0 aliphatic heterocycles. The van der Waals surface area contributed by atoms with Crippen LogP contribution >= 0.6 is 11.3 Å². The highest BCUT2D eigenvalue weighted by Crippen LogP contribution is 2.28. The van der Waals surface area contributed by atoms with E-state index in [2.05, 4.69) is 41.6 Å². The normalized spacial score (nSPS) is 10.7. The molecule has 0 saturated heterocycles. The number of hydrogen-bond acceptors (Lipinski definition) is 7. The summed E-state index contributed by atoms with van der Waals surface area (Å²) in [7, 11) is 3.04. The van der Waals surface area contributed by atoms with Gasteiger partial charge in [0, 0.05) is 30.1 Å². The van der Waals surface area contributed by atoms with Crippen LogP contribution < -0.4 is 24.8 Å². The molecular weight excluding hydrogens is 466 g/mol. The van der Waals surface area contributed by atoms with Crippen LogP contribution in [0.4, 0.5) is 0 Å². The van der Waals surface area contributed by atoms with Crippen molar-refractivity contribution in [2.24, 2.45) is 0 Å². The number of aryl methyl sites for hydroxylation is 1. The van der Waals surface area contributed by atoms with Crippen molar-refractivity contribution in [3.63, 3.8) is 0 Å². The van der Waals surface area contributed by atoms with E-state index in [1.165, 1.54) is 25.6 Å². The highest BCUT2D eigenvalue weighted by molar-refractivity contribution is 7.09. The summed E-state index contributed by atoms with van der Waals surface area (Å²) in [4.78, 5) is 29.3. The maximum atomic E-state index is 12.4. The summed E-state index contributed by atoms with van der Waals surface area (Å²) < 4.78 is 16.4. The molecule has 0 bridgehead atoms. The van der Waals surface area contributed by atoms with E-state index in [1.54, 1.807) is 23.6 Å². The molecule has 9 heteroatoms. The Morgan fingerprint density at radius 3 is 2.26 bits per heavy atom. The predicted octanol–water partition coefficient (Wildman–Crippen LogP) is 4.33. The molecule has 2 N–H and O–H groups in total. The van der Waals surface area contributed by atoms with Gasteiger partial charge >= 0.3 is 0 Å². The molecule has 0 saturated carbocycles. The Morgan fingerprint density at radius 1 is 0.971 bits per heavy atom. The molecule has 0 atom stereocenters. The van der Waals surface area contributed by atoms with Crippen molar-refractivity contribution in [2.75, 3.05) is 27.3 Å². The van der Waals surface area contributed by atoms with E-state index < -0.39 is 0 Å². The van der Waals surface area contributed by atoms with Gasteiger partial charge in [0.1, 0.15) is 34.6 Å². The lowest BCUT2D eigenvalue weighted by Crippen LogP contribution is -2.34. The molecule has 0 radical (unpaired) electrons. The lowest BCUT2D eigenvalue weighted by Gasteiger charge is -2.14. The van der Waals surface area contributed by atoms with Gasteiger partial charge in [-0.1, -0.05) is 26.0 Å². The summed E-state index contributed by atoms with van der Waals surface area (Å²) in [5.41, 5.74) is 3.00. The van der Waals surface area contributed by atoms with Crippen LogP contribution in [-0.4, -0.2) is 44.1 Å².